The van der Waals surface area contributed by atoms with E-state index in [1.165, 1.54) is 12.3 Å². The lowest BCUT2D eigenvalue weighted by Gasteiger charge is -2.36. The molecular formula is C24H29F2N7O2. The maximum atomic E-state index is 13.3. The minimum atomic E-state index is -2.96. The van der Waals surface area contributed by atoms with Crippen molar-refractivity contribution in [2.45, 2.75) is 59.0 Å². The number of hydrogen-bond acceptors (Lipinski definition) is 7. The number of nitrogens with zero attached hydrogens (tertiary/aromatic N) is 5. The number of carbonyl (C=O) groups is 1. The summed E-state index contributed by atoms with van der Waals surface area (Å²) < 4.78 is 34.2. The molecule has 1 unspecified atom stereocenters. The quantitative estimate of drug-likeness (QED) is 0.500. The van der Waals surface area contributed by atoms with Gasteiger partial charge in [-0.25, -0.2) is 4.98 Å². The Balaban J connectivity index is 1.42. The van der Waals surface area contributed by atoms with E-state index in [1.54, 1.807) is 21.8 Å². The fourth-order valence-corrected chi connectivity index (χ4v) is 3.82. The molecule has 0 aliphatic carbocycles. The summed E-state index contributed by atoms with van der Waals surface area (Å²) in [7, 11) is 1.82. The molecule has 0 fully saturated rings. The van der Waals surface area contributed by atoms with Crippen LogP contribution in [0.4, 0.5) is 26.0 Å². The van der Waals surface area contributed by atoms with Gasteiger partial charge < -0.3 is 20.3 Å². The van der Waals surface area contributed by atoms with Crippen molar-refractivity contribution in [1.82, 2.24) is 19.7 Å². The van der Waals surface area contributed by atoms with E-state index < -0.39 is 12.2 Å². The van der Waals surface area contributed by atoms with Crippen LogP contribution in [0.15, 0.2) is 36.8 Å². The third-order valence-corrected chi connectivity index (χ3v) is 5.56. The maximum Gasteiger partial charge on any atom is 0.286 e. The van der Waals surface area contributed by atoms with E-state index in [2.05, 4.69) is 25.7 Å². The van der Waals surface area contributed by atoms with Crippen LogP contribution in [-0.2, 0) is 28.5 Å². The summed E-state index contributed by atoms with van der Waals surface area (Å²) >= 11 is 0. The number of ether oxygens (including phenoxy) is 1. The molecule has 0 saturated carbocycles. The minimum Gasteiger partial charge on any atom is -0.366 e. The first-order valence-corrected chi connectivity index (χ1v) is 11.3. The molecule has 0 spiro atoms. The number of carbonyl (C=O) groups excluding carboxylic acids is 1. The highest BCUT2D eigenvalue weighted by Gasteiger charge is 2.33. The first-order valence-electron chi connectivity index (χ1n) is 11.3. The van der Waals surface area contributed by atoms with E-state index in [-0.39, 0.29) is 17.7 Å². The predicted octanol–water partition coefficient (Wildman–Crippen LogP) is 3.89. The Morgan fingerprint density at radius 3 is 2.69 bits per heavy atom. The number of alkyl halides is 2. The van der Waals surface area contributed by atoms with Gasteiger partial charge in [0, 0.05) is 44.5 Å². The molecule has 0 bridgehead atoms. The lowest BCUT2D eigenvalue weighted by molar-refractivity contribution is -0.130. The highest BCUT2D eigenvalue weighted by Crippen LogP contribution is 2.35. The van der Waals surface area contributed by atoms with Gasteiger partial charge in [0.05, 0.1) is 35.9 Å². The SMILES string of the molecule is Cc1nc(NCc2cnn(Cc3ccc(C(C)(F)F)nc3)c2)cc2c1NC(=O)C(OC(C)C)N2C. The van der Waals surface area contributed by atoms with Gasteiger partial charge in [0.15, 0.2) is 0 Å². The van der Waals surface area contributed by atoms with Gasteiger partial charge in [-0.1, -0.05) is 6.07 Å². The Hall–Kier alpha value is -3.60. The van der Waals surface area contributed by atoms with Gasteiger partial charge in [-0.05, 0) is 32.4 Å². The number of aromatic nitrogens is 4. The van der Waals surface area contributed by atoms with E-state index in [4.69, 9.17) is 4.74 Å². The molecule has 1 amide bonds. The molecule has 1 aliphatic rings. The van der Waals surface area contributed by atoms with Crippen LogP contribution >= 0.6 is 0 Å². The molecule has 35 heavy (non-hydrogen) atoms. The van der Waals surface area contributed by atoms with Gasteiger partial charge in [-0.2, -0.15) is 13.9 Å². The van der Waals surface area contributed by atoms with Crippen molar-refractivity contribution >= 4 is 23.1 Å². The van der Waals surface area contributed by atoms with Crippen LogP contribution in [0.5, 0.6) is 0 Å². The van der Waals surface area contributed by atoms with Crippen molar-refractivity contribution in [2.24, 2.45) is 0 Å². The summed E-state index contributed by atoms with van der Waals surface area (Å²) in [5, 5.41) is 10.5. The molecule has 0 aromatic carbocycles. The van der Waals surface area contributed by atoms with E-state index in [0.717, 1.165) is 23.7 Å². The molecule has 1 aliphatic heterocycles. The summed E-state index contributed by atoms with van der Waals surface area (Å²) in [6, 6.07) is 4.84. The highest BCUT2D eigenvalue weighted by molar-refractivity contribution is 6.03. The second kappa shape index (κ2) is 9.57. The van der Waals surface area contributed by atoms with Crippen LogP contribution in [-0.4, -0.2) is 45.0 Å². The van der Waals surface area contributed by atoms with E-state index in [9.17, 15) is 13.6 Å². The number of rotatable bonds is 8. The van der Waals surface area contributed by atoms with Crippen LogP contribution in [0.1, 0.15) is 43.3 Å². The number of halogens is 2. The normalized spacial score (nSPS) is 15.8. The maximum absolute atomic E-state index is 13.3. The third-order valence-electron chi connectivity index (χ3n) is 5.56. The molecular weight excluding hydrogens is 456 g/mol. The van der Waals surface area contributed by atoms with Crippen LogP contribution in [0, 0.1) is 6.92 Å². The first-order chi connectivity index (χ1) is 16.5. The zero-order chi connectivity index (χ0) is 25.3. The number of pyridine rings is 2. The number of amides is 1. The number of aryl methyl sites for hydroxylation is 1. The molecule has 0 radical (unpaired) electrons. The number of hydrogen-bond donors (Lipinski definition) is 2. The fourth-order valence-electron chi connectivity index (χ4n) is 3.82. The monoisotopic (exact) mass is 485 g/mol. The van der Waals surface area contributed by atoms with Gasteiger partial charge in [-0.3, -0.25) is 14.5 Å². The molecule has 11 heteroatoms. The van der Waals surface area contributed by atoms with Crippen molar-refractivity contribution in [2.75, 3.05) is 22.6 Å². The fraction of sp³-hybridized carbons (Fsp3) is 0.417. The number of fused-ring (bicyclic) bond motifs is 1. The summed E-state index contributed by atoms with van der Waals surface area (Å²) in [6.07, 6.45) is 4.23. The Morgan fingerprint density at radius 2 is 2.03 bits per heavy atom. The van der Waals surface area contributed by atoms with E-state index >= 15 is 0 Å². The van der Waals surface area contributed by atoms with Crippen molar-refractivity contribution in [3.63, 3.8) is 0 Å². The van der Waals surface area contributed by atoms with E-state index in [1.807, 2.05) is 40.1 Å². The largest absolute Gasteiger partial charge is 0.366 e. The molecule has 4 heterocycles. The topological polar surface area (TPSA) is 97.2 Å². The molecule has 9 nitrogen and oxygen atoms in total. The number of anilines is 3. The Morgan fingerprint density at radius 1 is 1.26 bits per heavy atom. The van der Waals surface area contributed by atoms with Crippen LogP contribution in [0.3, 0.4) is 0 Å². The van der Waals surface area contributed by atoms with Gasteiger partial charge in [0.1, 0.15) is 11.5 Å². The molecule has 4 rings (SSSR count). The van der Waals surface area contributed by atoms with Gasteiger partial charge in [0.25, 0.3) is 11.8 Å². The Labute approximate surface area is 202 Å². The lowest BCUT2D eigenvalue weighted by atomic mass is 10.1. The highest BCUT2D eigenvalue weighted by atomic mass is 19.3. The predicted molar refractivity (Wildman–Crippen MR) is 128 cm³/mol. The summed E-state index contributed by atoms with van der Waals surface area (Å²) in [6.45, 7) is 7.33. The van der Waals surface area contributed by atoms with Gasteiger partial charge in [0.2, 0.25) is 6.23 Å². The molecule has 1 atom stereocenters. The molecule has 2 N–H and O–H groups in total. The summed E-state index contributed by atoms with van der Waals surface area (Å²) in [4.78, 5) is 22.7. The van der Waals surface area contributed by atoms with Crippen molar-refractivity contribution in [3.05, 3.63) is 59.3 Å². The third kappa shape index (κ3) is 5.56. The molecule has 0 saturated heterocycles. The number of nitrogens with one attached hydrogen (secondary N) is 2. The average Bonchev–Trinajstić information content (AvgIpc) is 3.23. The lowest BCUT2D eigenvalue weighted by Crippen LogP contribution is -2.49. The smallest absolute Gasteiger partial charge is 0.286 e. The Kier molecular flexibility index (Phi) is 6.70. The standard InChI is InChI=1S/C24H29F2N7O2/c1-14(2)35-23-22(34)31-21-15(3)30-20(8-18(21)32(23)5)28-10-17-11-29-33(13-17)12-16-6-7-19(27-9-16)24(4,25)26/h6-9,11,13-14,23H,10,12H2,1-5H3,(H,28,30)(H,31,34). The second-order valence-corrected chi connectivity index (χ2v) is 8.96. The molecule has 3 aromatic heterocycles. The zero-order valence-electron chi connectivity index (χ0n) is 20.3. The first kappa shape index (κ1) is 24.5. The van der Waals surface area contributed by atoms with E-state index in [0.29, 0.717) is 30.3 Å². The molecule has 3 aromatic rings. The van der Waals surface area contributed by atoms with Crippen LogP contribution < -0.4 is 15.5 Å². The van der Waals surface area contributed by atoms with Crippen molar-refractivity contribution in [3.8, 4) is 0 Å². The summed E-state index contributed by atoms with van der Waals surface area (Å²) in [5.41, 5.74) is 3.61. The van der Waals surface area contributed by atoms with Gasteiger partial charge in [-0.15, -0.1) is 0 Å². The summed E-state index contributed by atoms with van der Waals surface area (Å²) in [5.74, 6) is -2.53. The van der Waals surface area contributed by atoms with Crippen LogP contribution in [0.25, 0.3) is 0 Å². The zero-order valence-corrected chi connectivity index (χ0v) is 20.3. The second-order valence-electron chi connectivity index (χ2n) is 8.96. The average molecular weight is 486 g/mol. The Bertz CT molecular complexity index is 1210. The molecule has 186 valence electrons. The van der Waals surface area contributed by atoms with Crippen LogP contribution in [0.2, 0.25) is 0 Å². The van der Waals surface area contributed by atoms with Gasteiger partial charge >= 0.3 is 0 Å². The number of likely N-dealkylation sites (N-methyl/N-ethyl adjacent to an activating group) is 1. The van der Waals surface area contributed by atoms with Crippen molar-refractivity contribution < 1.29 is 18.3 Å². The van der Waals surface area contributed by atoms with Crippen molar-refractivity contribution in [1.29, 1.82) is 0 Å². The minimum absolute atomic E-state index is 0.104.